The molecule has 0 radical (unpaired) electrons. The van der Waals surface area contributed by atoms with Crippen molar-refractivity contribution in [1.82, 2.24) is 5.43 Å². The van der Waals surface area contributed by atoms with Crippen LogP contribution < -0.4 is 11.3 Å². The fourth-order valence-corrected chi connectivity index (χ4v) is 2.12. The lowest BCUT2D eigenvalue weighted by Crippen LogP contribution is -2.29. The molecule has 0 saturated carbocycles. The van der Waals surface area contributed by atoms with E-state index in [9.17, 15) is 0 Å². The molecule has 0 aliphatic rings. The normalized spacial score (nSPS) is 14.6. The Hall–Kier alpha value is -0.860. The molecular formula is C15H26N2. The first-order chi connectivity index (χ1) is 8.21. The maximum atomic E-state index is 5.68. The molecular weight excluding hydrogens is 208 g/mol. The molecule has 0 aromatic heterocycles. The van der Waals surface area contributed by atoms with E-state index in [0.717, 1.165) is 12.8 Å². The lowest BCUT2D eigenvalue weighted by molar-refractivity contribution is 0.407. The highest BCUT2D eigenvalue weighted by atomic mass is 15.2. The smallest absolute Gasteiger partial charge is 0.0462 e. The number of rotatable bonds is 7. The average molecular weight is 234 g/mol. The molecule has 17 heavy (non-hydrogen) atoms. The first kappa shape index (κ1) is 14.2. The molecule has 0 aliphatic heterocycles. The molecule has 96 valence electrons. The van der Waals surface area contributed by atoms with E-state index in [1.807, 2.05) is 0 Å². The van der Waals surface area contributed by atoms with Gasteiger partial charge >= 0.3 is 0 Å². The summed E-state index contributed by atoms with van der Waals surface area (Å²) in [5.41, 5.74) is 5.68. The minimum Gasteiger partial charge on any atom is -0.271 e. The lowest BCUT2D eigenvalue weighted by atomic mass is 9.93. The summed E-state index contributed by atoms with van der Waals surface area (Å²) in [5, 5.41) is 0. The third-order valence-corrected chi connectivity index (χ3v) is 3.43. The van der Waals surface area contributed by atoms with Gasteiger partial charge in [0, 0.05) is 6.04 Å². The van der Waals surface area contributed by atoms with Gasteiger partial charge in [0.15, 0.2) is 0 Å². The van der Waals surface area contributed by atoms with E-state index < -0.39 is 0 Å². The molecule has 0 fully saturated rings. The van der Waals surface area contributed by atoms with Gasteiger partial charge in [0.2, 0.25) is 0 Å². The van der Waals surface area contributed by atoms with E-state index in [1.54, 1.807) is 0 Å². The van der Waals surface area contributed by atoms with Crippen molar-refractivity contribution in [1.29, 1.82) is 0 Å². The van der Waals surface area contributed by atoms with Crippen LogP contribution in [0.4, 0.5) is 0 Å². The zero-order valence-corrected chi connectivity index (χ0v) is 11.4. The Bertz CT molecular complexity index is 322. The van der Waals surface area contributed by atoms with Crippen molar-refractivity contribution in [3.8, 4) is 0 Å². The van der Waals surface area contributed by atoms with E-state index in [2.05, 4.69) is 50.5 Å². The van der Waals surface area contributed by atoms with E-state index in [4.69, 9.17) is 5.84 Å². The maximum Gasteiger partial charge on any atom is 0.0462 e. The van der Waals surface area contributed by atoms with Gasteiger partial charge in [-0.25, -0.2) is 0 Å². The van der Waals surface area contributed by atoms with Crippen LogP contribution in [0.2, 0.25) is 0 Å². The second-order valence-corrected chi connectivity index (χ2v) is 4.96. The van der Waals surface area contributed by atoms with E-state index in [0.29, 0.717) is 5.92 Å². The van der Waals surface area contributed by atoms with E-state index >= 15 is 0 Å². The van der Waals surface area contributed by atoms with Gasteiger partial charge in [-0.05, 0) is 29.9 Å². The topological polar surface area (TPSA) is 38.0 Å². The molecule has 2 nitrogen and oxygen atoms in total. The molecule has 0 amide bonds. The molecule has 0 heterocycles. The van der Waals surface area contributed by atoms with Crippen LogP contribution in [-0.2, 0) is 6.42 Å². The van der Waals surface area contributed by atoms with Gasteiger partial charge in [0.05, 0.1) is 0 Å². The van der Waals surface area contributed by atoms with Gasteiger partial charge in [-0.2, -0.15) is 0 Å². The van der Waals surface area contributed by atoms with Crippen LogP contribution in [0.5, 0.6) is 0 Å². The second-order valence-electron chi connectivity index (χ2n) is 4.96. The summed E-state index contributed by atoms with van der Waals surface area (Å²) in [5.74, 6) is 6.38. The Morgan fingerprint density at radius 2 is 2.06 bits per heavy atom. The summed E-state index contributed by atoms with van der Waals surface area (Å²) in [6.45, 7) is 6.72. The van der Waals surface area contributed by atoms with Crippen molar-refractivity contribution in [2.24, 2.45) is 11.8 Å². The summed E-state index contributed by atoms with van der Waals surface area (Å²) in [7, 11) is 0. The third-order valence-electron chi connectivity index (χ3n) is 3.43. The highest BCUT2D eigenvalue weighted by molar-refractivity contribution is 5.26. The summed E-state index contributed by atoms with van der Waals surface area (Å²) < 4.78 is 0. The number of hydrogen-bond acceptors (Lipinski definition) is 2. The van der Waals surface area contributed by atoms with Crippen molar-refractivity contribution in [3.63, 3.8) is 0 Å². The molecule has 2 unspecified atom stereocenters. The molecule has 0 spiro atoms. The van der Waals surface area contributed by atoms with Gasteiger partial charge < -0.3 is 0 Å². The Labute approximate surface area is 106 Å². The van der Waals surface area contributed by atoms with Crippen LogP contribution in [0.1, 0.15) is 57.2 Å². The largest absolute Gasteiger partial charge is 0.271 e. The molecule has 1 aromatic rings. The van der Waals surface area contributed by atoms with Gasteiger partial charge in [-0.15, -0.1) is 0 Å². The highest BCUT2D eigenvalue weighted by Gasteiger charge is 2.13. The fraction of sp³-hybridized carbons (Fsp3) is 0.600. The number of hydrogen-bond donors (Lipinski definition) is 2. The Kier molecular flexibility index (Phi) is 6.23. The molecule has 1 rings (SSSR count). The molecule has 0 saturated heterocycles. The third kappa shape index (κ3) is 4.49. The van der Waals surface area contributed by atoms with Crippen molar-refractivity contribution in [2.45, 2.75) is 52.5 Å². The zero-order chi connectivity index (χ0) is 12.7. The fourth-order valence-electron chi connectivity index (χ4n) is 2.12. The van der Waals surface area contributed by atoms with Crippen molar-refractivity contribution >= 4 is 0 Å². The second kappa shape index (κ2) is 7.46. The highest BCUT2D eigenvalue weighted by Crippen LogP contribution is 2.23. The number of benzene rings is 1. The quantitative estimate of drug-likeness (QED) is 0.559. The number of nitrogens with two attached hydrogens (primary N) is 1. The van der Waals surface area contributed by atoms with Crippen molar-refractivity contribution < 1.29 is 0 Å². The number of nitrogens with one attached hydrogen (secondary N) is 1. The first-order valence-electron chi connectivity index (χ1n) is 6.76. The summed E-state index contributed by atoms with van der Waals surface area (Å²) in [6, 6.07) is 9.08. The summed E-state index contributed by atoms with van der Waals surface area (Å²) in [4.78, 5) is 0. The molecule has 3 N–H and O–H groups in total. The van der Waals surface area contributed by atoms with Crippen LogP contribution in [-0.4, -0.2) is 0 Å². The molecule has 0 bridgehead atoms. The van der Waals surface area contributed by atoms with Crippen LogP contribution in [0.15, 0.2) is 24.3 Å². The van der Waals surface area contributed by atoms with Gasteiger partial charge in [0.1, 0.15) is 0 Å². The van der Waals surface area contributed by atoms with Crippen LogP contribution >= 0.6 is 0 Å². The monoisotopic (exact) mass is 234 g/mol. The van der Waals surface area contributed by atoms with Crippen LogP contribution in [0, 0.1) is 5.92 Å². The van der Waals surface area contributed by atoms with Gasteiger partial charge in [-0.3, -0.25) is 11.3 Å². The van der Waals surface area contributed by atoms with Gasteiger partial charge in [0.25, 0.3) is 0 Å². The Balaban J connectivity index is 2.76. The summed E-state index contributed by atoms with van der Waals surface area (Å²) in [6.07, 6.45) is 4.64. The number of aryl methyl sites for hydroxylation is 1. The predicted molar refractivity (Wildman–Crippen MR) is 74.6 cm³/mol. The van der Waals surface area contributed by atoms with Crippen molar-refractivity contribution in [3.05, 3.63) is 35.4 Å². The predicted octanol–water partition coefficient (Wildman–Crippen LogP) is 3.58. The summed E-state index contributed by atoms with van der Waals surface area (Å²) >= 11 is 0. The number of hydrazine groups is 1. The van der Waals surface area contributed by atoms with Crippen molar-refractivity contribution in [2.75, 3.05) is 0 Å². The SMILES string of the molecule is CCCc1cccc(C(CC(C)CC)NN)c1. The standard InChI is InChI=1S/C15H26N2/c1-4-7-13-8-6-9-14(11-13)15(17-16)10-12(3)5-2/h6,8-9,11-12,15,17H,4-5,7,10,16H2,1-3H3. The van der Waals surface area contributed by atoms with E-state index in [-0.39, 0.29) is 6.04 Å². The minimum atomic E-state index is 0.279. The van der Waals surface area contributed by atoms with Gasteiger partial charge in [-0.1, -0.05) is 57.9 Å². The minimum absolute atomic E-state index is 0.279. The Morgan fingerprint density at radius 3 is 2.65 bits per heavy atom. The lowest BCUT2D eigenvalue weighted by Gasteiger charge is -2.20. The molecule has 0 aliphatic carbocycles. The van der Waals surface area contributed by atoms with E-state index in [1.165, 1.54) is 24.0 Å². The maximum absolute atomic E-state index is 5.68. The molecule has 1 aromatic carbocycles. The average Bonchev–Trinajstić information content (AvgIpc) is 2.36. The van der Waals surface area contributed by atoms with Crippen LogP contribution in [0.3, 0.4) is 0 Å². The van der Waals surface area contributed by atoms with Crippen LogP contribution in [0.25, 0.3) is 0 Å². The zero-order valence-electron chi connectivity index (χ0n) is 11.4. The molecule has 2 atom stereocenters. The first-order valence-corrected chi connectivity index (χ1v) is 6.76. The molecule has 2 heteroatoms. The Morgan fingerprint density at radius 1 is 1.29 bits per heavy atom.